The molecule has 2 aromatic carbocycles. The van der Waals surface area contributed by atoms with Gasteiger partial charge in [0.05, 0.1) is 6.10 Å². The molecule has 0 fully saturated rings. The fourth-order valence-corrected chi connectivity index (χ4v) is 4.23. The molecule has 0 aliphatic heterocycles. The van der Waals surface area contributed by atoms with E-state index in [1.807, 2.05) is 74.5 Å². The Hall–Kier alpha value is -1.36. The topological polar surface area (TPSA) is 26.3 Å². The van der Waals surface area contributed by atoms with Crippen LogP contribution in [0.5, 0.6) is 0 Å². The highest BCUT2D eigenvalue weighted by Crippen LogP contribution is 2.34. The largest absolute Gasteiger partial charge is 0.462 e. The Morgan fingerprint density at radius 3 is 1.92 bits per heavy atom. The van der Waals surface area contributed by atoms with Crippen LogP contribution in [0.2, 0.25) is 0 Å². The number of alkyl halides is 1. The number of esters is 1. The first-order chi connectivity index (χ1) is 12.0. The molecular formula is C22H27IO2. The number of halogens is 1. The Bertz CT molecular complexity index is 615. The van der Waals surface area contributed by atoms with Gasteiger partial charge < -0.3 is 4.74 Å². The number of rotatable bonds is 8. The van der Waals surface area contributed by atoms with Gasteiger partial charge in [-0.05, 0) is 48.2 Å². The number of ether oxygens (including phenoxy) is 1. The molecule has 0 aliphatic carbocycles. The lowest BCUT2D eigenvalue weighted by Crippen LogP contribution is -2.37. The second-order valence-corrected chi connectivity index (χ2v) is 7.97. The monoisotopic (exact) mass is 450 g/mol. The molecule has 2 unspecified atom stereocenters. The van der Waals surface area contributed by atoms with Gasteiger partial charge in [0, 0.05) is 0 Å². The van der Waals surface area contributed by atoms with E-state index in [4.69, 9.17) is 4.74 Å². The van der Waals surface area contributed by atoms with Gasteiger partial charge in [0.25, 0.3) is 0 Å². The Morgan fingerprint density at radius 1 is 1.00 bits per heavy atom. The molecule has 2 atom stereocenters. The zero-order chi connectivity index (χ0) is 18.3. The maximum absolute atomic E-state index is 13.2. The van der Waals surface area contributed by atoms with Crippen LogP contribution < -0.4 is 0 Å². The van der Waals surface area contributed by atoms with Gasteiger partial charge >= 0.3 is 5.97 Å². The van der Waals surface area contributed by atoms with Crippen molar-refractivity contribution in [1.29, 1.82) is 0 Å². The average Bonchev–Trinajstić information content (AvgIpc) is 2.62. The summed E-state index contributed by atoms with van der Waals surface area (Å²) in [6.07, 6.45) is 1.96. The minimum Gasteiger partial charge on any atom is -0.462 e. The number of hydrogen-bond donors (Lipinski definition) is 0. The van der Waals surface area contributed by atoms with Crippen molar-refractivity contribution in [2.24, 2.45) is 5.92 Å². The molecule has 0 spiro atoms. The van der Waals surface area contributed by atoms with E-state index in [2.05, 4.69) is 29.5 Å². The van der Waals surface area contributed by atoms with Crippen LogP contribution in [0.1, 0.15) is 44.7 Å². The van der Waals surface area contributed by atoms with Crippen LogP contribution in [-0.2, 0) is 14.9 Å². The zero-order valence-corrected chi connectivity index (χ0v) is 17.4. The molecule has 25 heavy (non-hydrogen) atoms. The van der Waals surface area contributed by atoms with E-state index in [1.165, 1.54) is 0 Å². The van der Waals surface area contributed by atoms with E-state index < -0.39 is 5.41 Å². The molecule has 0 amide bonds. The lowest BCUT2D eigenvalue weighted by atomic mass is 9.76. The van der Waals surface area contributed by atoms with Crippen LogP contribution in [0.15, 0.2) is 60.7 Å². The second-order valence-electron chi connectivity index (χ2n) is 6.89. The van der Waals surface area contributed by atoms with Crippen LogP contribution in [-0.4, -0.2) is 16.5 Å². The predicted molar refractivity (Wildman–Crippen MR) is 112 cm³/mol. The number of benzene rings is 2. The van der Waals surface area contributed by atoms with E-state index in [-0.39, 0.29) is 12.1 Å². The van der Waals surface area contributed by atoms with Crippen molar-refractivity contribution >= 4 is 28.6 Å². The first-order valence-electron chi connectivity index (χ1n) is 8.86. The summed E-state index contributed by atoms with van der Waals surface area (Å²) in [6.45, 7) is 6.18. The van der Waals surface area contributed by atoms with E-state index in [0.717, 1.165) is 28.4 Å². The highest BCUT2D eigenvalue weighted by molar-refractivity contribution is 14.1. The van der Waals surface area contributed by atoms with Crippen molar-refractivity contribution in [3.8, 4) is 0 Å². The quantitative estimate of drug-likeness (QED) is 0.290. The molecule has 0 radical (unpaired) electrons. The zero-order valence-electron chi connectivity index (χ0n) is 15.2. The van der Waals surface area contributed by atoms with Crippen LogP contribution >= 0.6 is 22.6 Å². The van der Waals surface area contributed by atoms with E-state index in [1.54, 1.807) is 0 Å². The molecule has 0 bridgehead atoms. The predicted octanol–water partition coefficient (Wildman–Crippen LogP) is 5.78. The van der Waals surface area contributed by atoms with Gasteiger partial charge in [-0.25, -0.2) is 0 Å². The molecule has 2 rings (SSSR count). The second kappa shape index (κ2) is 9.37. The average molecular weight is 450 g/mol. The van der Waals surface area contributed by atoms with Crippen LogP contribution in [0.25, 0.3) is 0 Å². The van der Waals surface area contributed by atoms with Gasteiger partial charge in [-0.2, -0.15) is 0 Å². The first kappa shape index (κ1) is 20.0. The molecule has 0 aliphatic rings. The molecule has 0 aromatic heterocycles. The van der Waals surface area contributed by atoms with Gasteiger partial charge in [-0.15, -0.1) is 0 Å². The minimum absolute atomic E-state index is 0.0859. The van der Waals surface area contributed by atoms with Crippen molar-refractivity contribution in [1.82, 2.24) is 0 Å². The summed E-state index contributed by atoms with van der Waals surface area (Å²) in [5.74, 6) is 0.374. The lowest BCUT2D eigenvalue weighted by Gasteiger charge is -2.30. The number of hydrogen-bond acceptors (Lipinski definition) is 2. The molecular weight excluding hydrogens is 423 g/mol. The maximum Gasteiger partial charge on any atom is 0.321 e. The van der Waals surface area contributed by atoms with Crippen LogP contribution in [0, 0.1) is 5.92 Å². The SMILES string of the molecule is CC(CCI)CC(C)OC(=O)C(C)(c1ccccc1)c1ccccc1. The van der Waals surface area contributed by atoms with Gasteiger partial charge in [-0.3, -0.25) is 4.79 Å². The molecule has 0 saturated carbocycles. The fraction of sp³-hybridized carbons (Fsp3) is 0.409. The Labute approximate surface area is 165 Å². The van der Waals surface area contributed by atoms with Crippen molar-refractivity contribution in [2.75, 3.05) is 4.43 Å². The Kier molecular flexibility index (Phi) is 7.48. The van der Waals surface area contributed by atoms with Crippen LogP contribution in [0.4, 0.5) is 0 Å². The van der Waals surface area contributed by atoms with Crippen molar-refractivity contribution < 1.29 is 9.53 Å². The summed E-state index contributed by atoms with van der Waals surface area (Å²) in [6, 6.07) is 19.8. The third kappa shape index (κ3) is 5.06. The Morgan fingerprint density at radius 2 is 1.48 bits per heavy atom. The molecule has 3 heteroatoms. The van der Waals surface area contributed by atoms with Gasteiger partial charge in [0.2, 0.25) is 0 Å². The van der Waals surface area contributed by atoms with Crippen molar-refractivity contribution in [3.63, 3.8) is 0 Å². The molecule has 0 heterocycles. The lowest BCUT2D eigenvalue weighted by molar-refractivity contribution is -0.153. The molecule has 0 N–H and O–H groups in total. The fourth-order valence-electron chi connectivity index (χ4n) is 3.16. The summed E-state index contributed by atoms with van der Waals surface area (Å²) in [5, 5.41) is 0. The number of carbonyl (C=O) groups is 1. The minimum atomic E-state index is -0.802. The molecule has 2 nitrogen and oxygen atoms in total. The normalized spacial score (nSPS) is 13.9. The summed E-state index contributed by atoms with van der Waals surface area (Å²) >= 11 is 2.40. The van der Waals surface area contributed by atoms with Gasteiger partial charge in [0.1, 0.15) is 5.41 Å². The third-order valence-corrected chi connectivity index (χ3v) is 5.38. The summed E-state index contributed by atoms with van der Waals surface area (Å²) < 4.78 is 7.03. The van der Waals surface area contributed by atoms with Crippen molar-refractivity contribution in [3.05, 3.63) is 71.8 Å². The summed E-state index contributed by atoms with van der Waals surface area (Å²) in [4.78, 5) is 13.2. The van der Waals surface area contributed by atoms with Crippen LogP contribution in [0.3, 0.4) is 0 Å². The standard InChI is InChI=1S/C22H27IO2/c1-17(14-15-23)16-18(2)25-21(24)22(3,19-10-6-4-7-11-19)20-12-8-5-9-13-20/h4-13,17-18H,14-16H2,1-3H3. The summed E-state index contributed by atoms with van der Waals surface area (Å²) in [7, 11) is 0. The summed E-state index contributed by atoms with van der Waals surface area (Å²) in [5.41, 5.74) is 1.11. The third-order valence-electron chi connectivity index (χ3n) is 4.75. The van der Waals surface area contributed by atoms with Gasteiger partial charge in [0.15, 0.2) is 0 Å². The molecule has 2 aromatic rings. The smallest absolute Gasteiger partial charge is 0.321 e. The van der Waals surface area contributed by atoms with E-state index in [0.29, 0.717) is 5.92 Å². The first-order valence-corrected chi connectivity index (χ1v) is 10.4. The molecule has 0 saturated heterocycles. The highest BCUT2D eigenvalue weighted by atomic mass is 127. The molecule has 134 valence electrons. The number of carbonyl (C=O) groups excluding carboxylic acids is 1. The van der Waals surface area contributed by atoms with E-state index in [9.17, 15) is 4.79 Å². The van der Waals surface area contributed by atoms with E-state index >= 15 is 0 Å². The van der Waals surface area contributed by atoms with Gasteiger partial charge in [-0.1, -0.05) is 90.2 Å². The highest BCUT2D eigenvalue weighted by Gasteiger charge is 2.39. The van der Waals surface area contributed by atoms with Crippen molar-refractivity contribution in [2.45, 2.75) is 45.1 Å². The Balaban J connectivity index is 2.26. The maximum atomic E-state index is 13.2.